The first-order chi connectivity index (χ1) is 18.3. The van der Waals surface area contributed by atoms with Gasteiger partial charge in [0, 0.05) is 19.5 Å². The molecule has 0 aliphatic carbocycles. The molecule has 0 unspecified atom stereocenters. The third-order valence-corrected chi connectivity index (χ3v) is 8.58. The number of rotatable bonds is 6. The first-order valence-electron chi connectivity index (χ1n) is 13.3. The summed E-state index contributed by atoms with van der Waals surface area (Å²) in [6.45, 7) is 14.9. The predicted octanol–water partition coefficient (Wildman–Crippen LogP) is 7.62. The molecule has 4 aromatic rings. The quantitative estimate of drug-likeness (QED) is 0.212. The fraction of sp³-hybridized carbons (Fsp3) is 0.294. The van der Waals surface area contributed by atoms with Gasteiger partial charge in [0.2, 0.25) is 10.0 Å². The van der Waals surface area contributed by atoms with E-state index in [1.165, 1.54) is 22.3 Å². The SMILES string of the molecule is CC(C)(C)c1ccc(S(=O)(=O)N[C@H](c2ccccc2)[C@H](N)c2ccccc2)cc1.Cc1cc(C)c(C)cc1C.[Ru]. The van der Waals surface area contributed by atoms with Crippen molar-refractivity contribution in [1.29, 1.82) is 0 Å². The van der Waals surface area contributed by atoms with Crippen LogP contribution < -0.4 is 10.5 Å². The Balaban J connectivity index is 0.000000431. The van der Waals surface area contributed by atoms with E-state index in [2.05, 4.69) is 65.3 Å². The second-order valence-corrected chi connectivity index (χ2v) is 13.0. The van der Waals surface area contributed by atoms with Crippen molar-refractivity contribution in [1.82, 2.24) is 4.72 Å². The van der Waals surface area contributed by atoms with Gasteiger partial charge in [0.1, 0.15) is 0 Å². The molecule has 3 N–H and O–H groups in total. The number of nitrogens with one attached hydrogen (secondary N) is 1. The van der Waals surface area contributed by atoms with Crippen molar-refractivity contribution in [3.05, 3.63) is 136 Å². The van der Waals surface area contributed by atoms with E-state index in [1.807, 2.05) is 72.8 Å². The Kier molecular flexibility index (Phi) is 12.0. The smallest absolute Gasteiger partial charge is 0.241 e. The Morgan fingerprint density at radius 3 is 1.45 bits per heavy atom. The molecule has 0 saturated heterocycles. The summed E-state index contributed by atoms with van der Waals surface area (Å²) in [7, 11) is -3.75. The van der Waals surface area contributed by atoms with Crippen molar-refractivity contribution >= 4 is 10.0 Å². The molecule has 0 amide bonds. The van der Waals surface area contributed by atoms with Gasteiger partial charge in [-0.3, -0.25) is 0 Å². The molecule has 214 valence electrons. The van der Waals surface area contributed by atoms with Crippen molar-refractivity contribution in [2.45, 2.75) is 70.9 Å². The molecule has 0 heterocycles. The van der Waals surface area contributed by atoms with Crippen molar-refractivity contribution in [2.75, 3.05) is 0 Å². The first kappa shape index (κ1) is 33.6. The summed E-state index contributed by atoms with van der Waals surface area (Å²) in [4.78, 5) is 0.228. The van der Waals surface area contributed by atoms with Gasteiger partial charge in [0.15, 0.2) is 0 Å². The fourth-order valence-electron chi connectivity index (χ4n) is 4.35. The maximum Gasteiger partial charge on any atom is 0.241 e. The average molecular weight is 644 g/mol. The van der Waals surface area contributed by atoms with Gasteiger partial charge in [0.05, 0.1) is 17.0 Å². The number of hydrogen-bond donors (Lipinski definition) is 2. The number of nitrogens with two attached hydrogens (primary N) is 1. The maximum atomic E-state index is 13.1. The van der Waals surface area contributed by atoms with Gasteiger partial charge in [0.25, 0.3) is 0 Å². The zero-order valence-corrected chi connectivity index (χ0v) is 27.1. The van der Waals surface area contributed by atoms with E-state index in [4.69, 9.17) is 5.73 Å². The molecule has 0 bridgehead atoms. The molecular formula is C34H42N2O2RuS. The second kappa shape index (κ2) is 14.3. The van der Waals surface area contributed by atoms with Crippen molar-refractivity contribution in [3.8, 4) is 0 Å². The van der Waals surface area contributed by atoms with Crippen LogP contribution in [-0.2, 0) is 34.9 Å². The normalized spacial score (nSPS) is 12.9. The average Bonchev–Trinajstić information content (AvgIpc) is 2.91. The van der Waals surface area contributed by atoms with E-state index >= 15 is 0 Å². The van der Waals surface area contributed by atoms with Gasteiger partial charge in [-0.25, -0.2) is 13.1 Å². The molecule has 4 aromatic carbocycles. The number of hydrogen-bond acceptors (Lipinski definition) is 3. The third-order valence-electron chi connectivity index (χ3n) is 7.13. The standard InChI is InChI=1S/C24H28N2O2S.C10H14.Ru/c1-24(2,3)20-14-16-21(17-15-20)29(27,28)26-23(19-12-8-5-9-13-19)22(25)18-10-6-4-7-11-18;1-7-5-9(3)10(4)6-8(7)2;/h4-17,22-23,26H,25H2,1-3H3;5-6H,1-4H3;/t22-,23-;;/m1../s1. The van der Waals surface area contributed by atoms with Gasteiger partial charge in [-0.2, -0.15) is 0 Å². The van der Waals surface area contributed by atoms with Crippen LogP contribution in [0.25, 0.3) is 0 Å². The van der Waals surface area contributed by atoms with Crippen LogP contribution >= 0.6 is 0 Å². The number of aryl methyl sites for hydroxylation is 4. The molecule has 0 saturated carbocycles. The molecular weight excluding hydrogens is 602 g/mol. The molecule has 0 radical (unpaired) electrons. The number of sulfonamides is 1. The van der Waals surface area contributed by atoms with Crippen LogP contribution in [0.4, 0.5) is 0 Å². The minimum Gasteiger partial charge on any atom is -0.322 e. The molecule has 6 heteroatoms. The maximum absolute atomic E-state index is 13.1. The molecule has 0 fully saturated rings. The van der Waals surface area contributed by atoms with E-state index in [9.17, 15) is 8.42 Å². The van der Waals surface area contributed by atoms with Crippen molar-refractivity contribution in [3.63, 3.8) is 0 Å². The second-order valence-electron chi connectivity index (χ2n) is 11.2. The van der Waals surface area contributed by atoms with E-state index in [0.29, 0.717) is 0 Å². The zero-order chi connectivity index (χ0) is 28.8. The van der Waals surface area contributed by atoms with Crippen molar-refractivity contribution in [2.24, 2.45) is 5.73 Å². The summed E-state index contributed by atoms with van der Waals surface area (Å²) in [5.41, 5.74) is 14.8. The summed E-state index contributed by atoms with van der Waals surface area (Å²) >= 11 is 0. The van der Waals surface area contributed by atoms with Gasteiger partial charge >= 0.3 is 0 Å². The van der Waals surface area contributed by atoms with Crippen LogP contribution in [0, 0.1) is 27.7 Å². The minimum absolute atomic E-state index is 0. The fourth-order valence-corrected chi connectivity index (χ4v) is 5.60. The third kappa shape index (κ3) is 8.94. The monoisotopic (exact) mass is 644 g/mol. The van der Waals surface area contributed by atoms with Crippen LogP contribution in [0.5, 0.6) is 0 Å². The Morgan fingerprint density at radius 2 is 1.05 bits per heavy atom. The molecule has 2 atom stereocenters. The van der Waals surface area contributed by atoms with E-state index < -0.39 is 22.1 Å². The summed E-state index contributed by atoms with van der Waals surface area (Å²) in [6, 6.07) is 29.4. The van der Waals surface area contributed by atoms with E-state index in [1.54, 1.807) is 12.1 Å². The van der Waals surface area contributed by atoms with Crippen LogP contribution in [0.2, 0.25) is 0 Å². The van der Waals surface area contributed by atoms with Crippen LogP contribution in [-0.4, -0.2) is 8.42 Å². The zero-order valence-electron chi connectivity index (χ0n) is 24.5. The predicted molar refractivity (Wildman–Crippen MR) is 163 cm³/mol. The van der Waals surface area contributed by atoms with Crippen LogP contribution in [0.3, 0.4) is 0 Å². The molecule has 0 spiro atoms. The van der Waals surface area contributed by atoms with Crippen LogP contribution in [0.1, 0.15) is 71.8 Å². The summed E-state index contributed by atoms with van der Waals surface area (Å²) in [5, 5.41) is 0. The van der Waals surface area contributed by atoms with E-state index in [-0.39, 0.29) is 29.8 Å². The largest absolute Gasteiger partial charge is 0.322 e. The summed E-state index contributed by atoms with van der Waals surface area (Å²) < 4.78 is 29.1. The molecule has 40 heavy (non-hydrogen) atoms. The first-order valence-corrected chi connectivity index (χ1v) is 14.8. The van der Waals surface area contributed by atoms with Gasteiger partial charge in [-0.05, 0) is 84.2 Å². The summed E-state index contributed by atoms with van der Waals surface area (Å²) in [6.07, 6.45) is 0. The van der Waals surface area contributed by atoms with Gasteiger partial charge in [-0.15, -0.1) is 0 Å². The molecule has 0 aliphatic heterocycles. The Morgan fingerprint density at radius 1 is 0.650 bits per heavy atom. The van der Waals surface area contributed by atoms with Crippen LogP contribution in [0.15, 0.2) is 102 Å². The minimum atomic E-state index is -3.75. The molecule has 4 nitrogen and oxygen atoms in total. The topological polar surface area (TPSA) is 72.2 Å². The van der Waals surface area contributed by atoms with E-state index in [0.717, 1.165) is 16.7 Å². The van der Waals surface area contributed by atoms with Gasteiger partial charge in [-0.1, -0.05) is 106 Å². The summed E-state index contributed by atoms with van der Waals surface area (Å²) in [5.74, 6) is 0. The Hall–Kier alpha value is -2.63. The molecule has 0 aliphatic rings. The Bertz CT molecular complexity index is 1410. The molecule has 0 aromatic heterocycles. The van der Waals surface area contributed by atoms with Crippen molar-refractivity contribution < 1.29 is 27.9 Å². The molecule has 4 rings (SSSR count). The van der Waals surface area contributed by atoms with Gasteiger partial charge < -0.3 is 5.73 Å². The number of benzene rings is 4. The Labute approximate surface area is 254 Å².